The Hall–Kier alpha value is -6.42. The van der Waals surface area contributed by atoms with Crippen LogP contribution in [0.15, 0.2) is 182 Å². The Balaban J connectivity index is 1.20. The third-order valence-electron chi connectivity index (χ3n) is 10.2. The molecule has 3 aromatic heterocycles. The van der Waals surface area contributed by atoms with Gasteiger partial charge in [-0.2, -0.15) is 0 Å². The number of aromatic nitrogens is 2. The summed E-state index contributed by atoms with van der Waals surface area (Å²) in [5, 5.41) is 6.55. The van der Waals surface area contributed by atoms with Crippen molar-refractivity contribution in [1.82, 2.24) is 9.13 Å². The zero-order valence-corrected chi connectivity index (χ0v) is 28.1. The van der Waals surface area contributed by atoms with Crippen molar-refractivity contribution in [2.24, 2.45) is 0 Å². The first kappa shape index (κ1) is 23.9. The Morgan fingerprint density at radius 3 is 1.35 bits per heavy atom. The predicted molar refractivity (Wildman–Crippen MR) is 219 cm³/mol. The molecule has 0 unspecified atom stereocenters. The minimum absolute atomic E-state index is 0.154. The molecule has 8 aromatic carbocycles. The molecule has 2 nitrogen and oxygen atoms in total. The lowest BCUT2D eigenvalue weighted by molar-refractivity contribution is 1.18. The molecule has 0 bridgehead atoms. The van der Waals surface area contributed by atoms with Gasteiger partial charge in [0.2, 0.25) is 0 Å². The largest absolute Gasteiger partial charge is 0.309 e. The molecule has 0 amide bonds. The van der Waals surface area contributed by atoms with Crippen LogP contribution in [0.4, 0.5) is 0 Å². The van der Waals surface area contributed by atoms with Crippen LogP contribution >= 0.6 is 11.3 Å². The Morgan fingerprint density at radius 2 is 0.824 bits per heavy atom. The molecule has 0 aliphatic carbocycles. The summed E-state index contributed by atoms with van der Waals surface area (Å²) in [6.45, 7) is 0. The summed E-state index contributed by atoms with van der Waals surface area (Å²) < 4.78 is 49.3. The lowest BCUT2D eigenvalue weighted by atomic mass is 9.98. The molecule has 11 rings (SSSR count). The van der Waals surface area contributed by atoms with Crippen molar-refractivity contribution in [3.63, 3.8) is 0 Å². The van der Waals surface area contributed by atoms with E-state index in [0.29, 0.717) is 0 Å². The van der Waals surface area contributed by atoms with E-state index in [0.717, 1.165) is 81.0 Å². The first-order valence-electron chi connectivity index (χ1n) is 19.5. The maximum Gasteiger partial charge on any atom is 0.0645 e. The van der Waals surface area contributed by atoms with Gasteiger partial charge in [0.25, 0.3) is 0 Å². The van der Waals surface area contributed by atoms with E-state index >= 15 is 0 Å². The van der Waals surface area contributed by atoms with Crippen LogP contribution < -0.4 is 0 Å². The lowest BCUT2D eigenvalue weighted by Crippen LogP contribution is -1.96. The number of hydrogen-bond donors (Lipinski definition) is 0. The number of para-hydroxylation sites is 3. The Kier molecular flexibility index (Phi) is 5.17. The second kappa shape index (κ2) is 11.0. The number of hydrogen-bond acceptors (Lipinski definition) is 1. The van der Waals surface area contributed by atoms with E-state index in [1.807, 2.05) is 28.8 Å². The highest BCUT2D eigenvalue weighted by molar-refractivity contribution is 7.26. The van der Waals surface area contributed by atoms with Crippen molar-refractivity contribution >= 4 is 75.1 Å². The van der Waals surface area contributed by atoms with Gasteiger partial charge in [0.05, 0.1) is 28.9 Å². The second-order valence-electron chi connectivity index (χ2n) is 13.0. The molecule has 3 heteroatoms. The fraction of sp³-hybridized carbons (Fsp3) is 0. The van der Waals surface area contributed by atoms with Gasteiger partial charge in [-0.05, 0) is 88.9 Å². The van der Waals surface area contributed by atoms with Gasteiger partial charge in [0.15, 0.2) is 0 Å². The average molecular weight is 672 g/mol. The zero-order chi connectivity index (χ0) is 37.8. The fourth-order valence-corrected chi connectivity index (χ4v) is 9.05. The maximum absolute atomic E-state index is 8.87. The quantitative estimate of drug-likeness (QED) is 0.176. The molecule has 238 valence electrons. The van der Waals surface area contributed by atoms with Crippen molar-refractivity contribution in [3.05, 3.63) is 182 Å². The Morgan fingerprint density at radius 1 is 0.353 bits per heavy atom. The van der Waals surface area contributed by atoms with Crippen LogP contribution in [0.25, 0.3) is 97.4 Å². The number of rotatable bonds is 4. The van der Waals surface area contributed by atoms with Gasteiger partial charge in [0.1, 0.15) is 0 Å². The summed E-state index contributed by atoms with van der Waals surface area (Å²) in [4.78, 5) is 0. The highest BCUT2D eigenvalue weighted by Gasteiger charge is 2.19. The van der Waals surface area contributed by atoms with Gasteiger partial charge < -0.3 is 9.13 Å². The molecular weight excluding hydrogens is 637 g/mol. The third kappa shape index (κ3) is 4.35. The Bertz CT molecular complexity index is 3330. The predicted octanol–water partition coefficient (Wildman–Crippen LogP) is 13.6. The van der Waals surface area contributed by atoms with Crippen LogP contribution in [0.2, 0.25) is 0 Å². The molecule has 3 heterocycles. The second-order valence-corrected chi connectivity index (χ2v) is 14.1. The van der Waals surface area contributed by atoms with Crippen LogP contribution in [0.3, 0.4) is 0 Å². The van der Waals surface area contributed by atoms with E-state index in [9.17, 15) is 0 Å². The molecule has 51 heavy (non-hydrogen) atoms. The monoisotopic (exact) mass is 671 g/mol. The number of thiophene rings is 1. The first-order chi connectivity index (χ1) is 27.4. The van der Waals surface area contributed by atoms with Crippen molar-refractivity contribution in [1.29, 1.82) is 0 Å². The molecule has 0 saturated carbocycles. The number of nitrogens with zero attached hydrogens (tertiary/aromatic N) is 2. The summed E-state index contributed by atoms with van der Waals surface area (Å²) >= 11 is 1.71. The van der Waals surface area contributed by atoms with Crippen LogP contribution in [-0.4, -0.2) is 9.13 Å². The summed E-state index contributed by atoms with van der Waals surface area (Å²) in [7, 11) is 0. The topological polar surface area (TPSA) is 9.86 Å². The van der Waals surface area contributed by atoms with Crippen molar-refractivity contribution in [2.75, 3.05) is 0 Å². The van der Waals surface area contributed by atoms with Crippen molar-refractivity contribution in [2.45, 2.75) is 0 Å². The van der Waals surface area contributed by atoms with Crippen molar-refractivity contribution in [3.8, 4) is 33.6 Å². The zero-order valence-electron chi connectivity index (χ0n) is 32.2. The molecule has 0 aliphatic rings. The molecular formula is C48H30N2S. The summed E-state index contributed by atoms with van der Waals surface area (Å²) in [6.07, 6.45) is 0. The molecule has 11 aromatic rings. The van der Waals surface area contributed by atoms with Gasteiger partial charge >= 0.3 is 0 Å². The number of benzene rings is 8. The fourth-order valence-electron chi connectivity index (χ4n) is 7.91. The smallest absolute Gasteiger partial charge is 0.0645 e. The first-order valence-corrected chi connectivity index (χ1v) is 17.8. The normalized spacial score (nSPS) is 13.3. The van der Waals surface area contributed by atoms with E-state index in [-0.39, 0.29) is 29.9 Å². The van der Waals surface area contributed by atoms with Crippen molar-refractivity contribution < 1.29 is 6.85 Å². The molecule has 0 saturated heterocycles. The van der Waals surface area contributed by atoms with Gasteiger partial charge in [-0.15, -0.1) is 11.3 Å². The highest BCUT2D eigenvalue weighted by atomic mass is 32.1. The Labute approximate surface area is 305 Å². The summed E-state index contributed by atoms with van der Waals surface area (Å²) in [5.41, 5.74) is 9.70. The summed E-state index contributed by atoms with van der Waals surface area (Å²) in [6, 6.07) is 51.9. The van der Waals surface area contributed by atoms with E-state index < -0.39 is 6.04 Å². The standard InChI is InChI=1S/C48H30N2S/c1-4-14-31(15-5-1)33-24-34(32-16-6-2-7-17-32)26-36(25-33)50-44-23-13-11-21-38(44)40-28-42-41-27-39-37-20-10-12-22-43(37)49(35-18-8-3-9-19-35)45(39)29-47(41)51-48(42)30-46(40)50/h1-30H/i3D,8D,9D,18D,19D. The van der Waals surface area contributed by atoms with E-state index in [2.05, 4.69) is 132 Å². The van der Waals surface area contributed by atoms with Crippen LogP contribution in [0.1, 0.15) is 6.85 Å². The van der Waals surface area contributed by atoms with Crippen LogP contribution in [0.5, 0.6) is 0 Å². The van der Waals surface area contributed by atoms with E-state index in [1.54, 1.807) is 11.3 Å². The highest BCUT2D eigenvalue weighted by Crippen LogP contribution is 2.44. The molecule has 0 spiro atoms. The van der Waals surface area contributed by atoms with E-state index in [4.69, 9.17) is 6.85 Å². The average Bonchev–Trinajstić information content (AvgIpc) is 3.87. The molecule has 0 N–H and O–H groups in total. The molecule has 0 atom stereocenters. The number of fused-ring (bicyclic) bond motifs is 9. The summed E-state index contributed by atoms with van der Waals surface area (Å²) in [5.74, 6) is 0. The minimum Gasteiger partial charge on any atom is -0.309 e. The molecule has 0 fully saturated rings. The van der Waals surface area contributed by atoms with E-state index in [1.165, 1.54) is 10.8 Å². The maximum atomic E-state index is 8.87. The molecule has 0 radical (unpaired) electrons. The SMILES string of the molecule is [2H]c1c([2H])c([2H])c(-n2c3ccccc3c3cc4c(cc32)sc2cc3c(cc24)c2ccccc2n3-c2cc(-c3ccccc3)cc(-c3ccccc3)c2)c([2H])c1[2H]. The lowest BCUT2D eigenvalue weighted by Gasteiger charge is -2.14. The van der Waals surface area contributed by atoms with Gasteiger partial charge in [0, 0.05) is 53.1 Å². The van der Waals surface area contributed by atoms with Crippen LogP contribution in [0, 0.1) is 0 Å². The van der Waals surface area contributed by atoms with Gasteiger partial charge in [-0.3, -0.25) is 0 Å². The van der Waals surface area contributed by atoms with Crippen LogP contribution in [-0.2, 0) is 0 Å². The third-order valence-corrected chi connectivity index (χ3v) is 11.3. The van der Waals surface area contributed by atoms with Gasteiger partial charge in [-0.25, -0.2) is 0 Å². The van der Waals surface area contributed by atoms with Gasteiger partial charge in [-0.1, -0.05) is 115 Å². The molecule has 0 aliphatic heterocycles. The minimum atomic E-state index is -0.400.